The maximum absolute atomic E-state index is 14.1. The Labute approximate surface area is 141 Å². The molecule has 1 aromatic carbocycles. The number of aliphatic hydroxyl groups is 1. The summed E-state index contributed by atoms with van der Waals surface area (Å²) >= 11 is 0. The van der Waals surface area contributed by atoms with Crippen LogP contribution < -0.4 is 0 Å². The molecular formula is C18H24F2N2O2. The van der Waals surface area contributed by atoms with Gasteiger partial charge in [0.1, 0.15) is 0 Å². The van der Waals surface area contributed by atoms with Gasteiger partial charge in [0.05, 0.1) is 6.61 Å². The predicted molar refractivity (Wildman–Crippen MR) is 86.2 cm³/mol. The zero-order valence-electron chi connectivity index (χ0n) is 14.1. The summed E-state index contributed by atoms with van der Waals surface area (Å²) in [5.41, 5.74) is -0.176. The summed E-state index contributed by atoms with van der Waals surface area (Å²) < 4.78 is 27.6. The van der Waals surface area contributed by atoms with E-state index in [2.05, 4.69) is 4.90 Å². The van der Waals surface area contributed by atoms with Crippen LogP contribution in [0.1, 0.15) is 32.3 Å². The van der Waals surface area contributed by atoms with Crippen molar-refractivity contribution >= 4 is 5.91 Å². The Kier molecular flexibility index (Phi) is 4.62. The molecule has 1 N–H and O–H groups in total. The first-order valence-corrected chi connectivity index (χ1v) is 8.42. The van der Waals surface area contributed by atoms with Crippen LogP contribution in [-0.4, -0.2) is 52.1 Å². The monoisotopic (exact) mass is 338 g/mol. The molecule has 3 atom stereocenters. The number of benzene rings is 1. The molecule has 2 aliphatic heterocycles. The third kappa shape index (κ3) is 2.93. The van der Waals surface area contributed by atoms with Crippen LogP contribution in [0.5, 0.6) is 0 Å². The second-order valence-electron chi connectivity index (χ2n) is 7.28. The number of fused-ring (bicyclic) bond motifs is 1. The van der Waals surface area contributed by atoms with Crippen molar-refractivity contribution in [1.29, 1.82) is 0 Å². The van der Waals surface area contributed by atoms with Crippen molar-refractivity contribution < 1.29 is 18.7 Å². The van der Waals surface area contributed by atoms with Crippen molar-refractivity contribution in [3.63, 3.8) is 0 Å². The Morgan fingerprint density at radius 3 is 2.83 bits per heavy atom. The summed E-state index contributed by atoms with van der Waals surface area (Å²) in [6, 6.07) is 4.38. The molecule has 2 saturated heterocycles. The highest BCUT2D eigenvalue weighted by molar-refractivity contribution is 5.73. The summed E-state index contributed by atoms with van der Waals surface area (Å²) in [5, 5.41) is 9.93. The first-order valence-electron chi connectivity index (χ1n) is 8.42. The lowest BCUT2D eigenvalue weighted by molar-refractivity contribution is -0.131. The van der Waals surface area contributed by atoms with Crippen LogP contribution in [0.25, 0.3) is 0 Å². The van der Waals surface area contributed by atoms with Crippen molar-refractivity contribution in [3.8, 4) is 0 Å². The van der Waals surface area contributed by atoms with Crippen LogP contribution in [-0.2, 0) is 11.3 Å². The second kappa shape index (κ2) is 6.41. The molecule has 0 aliphatic carbocycles. The Hall–Kier alpha value is -1.53. The van der Waals surface area contributed by atoms with Crippen LogP contribution >= 0.6 is 0 Å². The molecule has 3 rings (SSSR count). The summed E-state index contributed by atoms with van der Waals surface area (Å²) in [4.78, 5) is 15.6. The molecule has 24 heavy (non-hydrogen) atoms. The van der Waals surface area contributed by atoms with Crippen LogP contribution in [0.3, 0.4) is 0 Å². The van der Waals surface area contributed by atoms with Gasteiger partial charge in [0.2, 0.25) is 5.91 Å². The van der Waals surface area contributed by atoms with Crippen LogP contribution in [0.15, 0.2) is 18.2 Å². The summed E-state index contributed by atoms with van der Waals surface area (Å²) in [6.07, 6.45) is 1.53. The van der Waals surface area contributed by atoms with E-state index in [0.29, 0.717) is 18.7 Å². The smallest absolute Gasteiger partial charge is 0.219 e. The van der Waals surface area contributed by atoms with Gasteiger partial charge in [-0.15, -0.1) is 0 Å². The Morgan fingerprint density at radius 2 is 2.17 bits per heavy atom. The minimum atomic E-state index is -0.847. The fourth-order valence-electron chi connectivity index (χ4n) is 4.32. The third-order valence-corrected chi connectivity index (χ3v) is 5.65. The SMILES string of the molecule is CC(=O)N1CC[C@H]2[C@H](C1)C[C@](C)(CO)N2Cc1cccc(F)c1F. The van der Waals surface area contributed by atoms with E-state index < -0.39 is 17.2 Å². The van der Waals surface area contributed by atoms with Gasteiger partial charge in [-0.1, -0.05) is 12.1 Å². The van der Waals surface area contributed by atoms with E-state index in [4.69, 9.17) is 0 Å². The lowest BCUT2D eigenvalue weighted by Crippen LogP contribution is -2.51. The number of aliphatic hydroxyl groups excluding tert-OH is 1. The van der Waals surface area contributed by atoms with E-state index >= 15 is 0 Å². The van der Waals surface area contributed by atoms with Crippen molar-refractivity contribution in [3.05, 3.63) is 35.4 Å². The molecule has 0 unspecified atom stereocenters. The molecule has 0 aromatic heterocycles. The van der Waals surface area contributed by atoms with Gasteiger partial charge in [0, 0.05) is 43.7 Å². The lowest BCUT2D eigenvalue weighted by Gasteiger charge is -2.40. The lowest BCUT2D eigenvalue weighted by atomic mass is 9.89. The number of halogens is 2. The number of likely N-dealkylation sites (tertiary alicyclic amines) is 2. The quantitative estimate of drug-likeness (QED) is 0.918. The molecule has 0 saturated carbocycles. The second-order valence-corrected chi connectivity index (χ2v) is 7.28. The van der Waals surface area contributed by atoms with Gasteiger partial charge in [-0.3, -0.25) is 9.69 Å². The largest absolute Gasteiger partial charge is 0.394 e. The maximum Gasteiger partial charge on any atom is 0.219 e. The zero-order chi connectivity index (χ0) is 17.5. The van der Waals surface area contributed by atoms with Gasteiger partial charge in [-0.25, -0.2) is 8.78 Å². The number of nitrogens with zero attached hydrogens (tertiary/aromatic N) is 2. The van der Waals surface area contributed by atoms with Crippen LogP contribution in [0, 0.1) is 17.6 Å². The van der Waals surface area contributed by atoms with Crippen LogP contribution in [0.4, 0.5) is 8.78 Å². The number of amides is 1. The maximum atomic E-state index is 14.1. The van der Waals surface area contributed by atoms with Crippen molar-refractivity contribution in [1.82, 2.24) is 9.80 Å². The van der Waals surface area contributed by atoms with Crippen molar-refractivity contribution in [2.75, 3.05) is 19.7 Å². The number of carbonyl (C=O) groups excluding carboxylic acids is 1. The highest BCUT2D eigenvalue weighted by atomic mass is 19.2. The molecule has 0 radical (unpaired) electrons. The van der Waals surface area contributed by atoms with Gasteiger partial charge < -0.3 is 10.0 Å². The Bertz CT molecular complexity index is 639. The predicted octanol–water partition coefficient (Wildman–Crippen LogP) is 2.16. The number of hydrogen-bond acceptors (Lipinski definition) is 3. The van der Waals surface area contributed by atoms with Crippen molar-refractivity contribution in [2.24, 2.45) is 5.92 Å². The molecule has 132 valence electrons. The molecule has 2 heterocycles. The number of hydrogen-bond donors (Lipinski definition) is 1. The van der Waals surface area contributed by atoms with E-state index in [9.17, 15) is 18.7 Å². The number of carbonyl (C=O) groups is 1. The van der Waals surface area contributed by atoms with Gasteiger partial charge in [-0.2, -0.15) is 0 Å². The molecule has 2 aliphatic rings. The molecule has 1 amide bonds. The fourth-order valence-corrected chi connectivity index (χ4v) is 4.32. The highest BCUT2D eigenvalue weighted by Gasteiger charge is 2.50. The molecule has 6 heteroatoms. The van der Waals surface area contributed by atoms with Gasteiger partial charge in [0.15, 0.2) is 11.6 Å². The molecule has 1 aromatic rings. The average molecular weight is 338 g/mol. The van der Waals surface area contributed by atoms with E-state index in [1.807, 2.05) is 11.8 Å². The minimum absolute atomic E-state index is 0.0446. The van der Waals surface area contributed by atoms with Crippen LogP contribution in [0.2, 0.25) is 0 Å². The molecule has 0 bridgehead atoms. The van der Waals surface area contributed by atoms with Gasteiger partial charge in [0.25, 0.3) is 0 Å². The van der Waals surface area contributed by atoms with Gasteiger partial charge >= 0.3 is 0 Å². The van der Waals surface area contributed by atoms with Gasteiger partial charge in [-0.05, 0) is 31.7 Å². The van der Waals surface area contributed by atoms with E-state index in [-0.39, 0.29) is 31.0 Å². The van der Waals surface area contributed by atoms with E-state index in [0.717, 1.165) is 18.9 Å². The highest BCUT2D eigenvalue weighted by Crippen LogP contribution is 2.43. The molecular weight excluding hydrogens is 314 g/mol. The number of piperidine rings is 1. The average Bonchev–Trinajstić information content (AvgIpc) is 2.83. The molecule has 2 fully saturated rings. The Balaban J connectivity index is 1.85. The first-order chi connectivity index (χ1) is 11.4. The standard InChI is InChI=1S/C18H24F2N2O2/c1-12(24)21-7-6-16-14(9-21)8-18(2,11-23)22(16)10-13-4-3-5-15(19)17(13)20/h3-5,14,16,23H,6-11H2,1-2H3/t14-,16-,18+/m0/s1. The number of rotatable bonds is 3. The normalized spacial score (nSPS) is 30.5. The van der Waals surface area contributed by atoms with Crippen molar-refractivity contribution in [2.45, 2.75) is 44.8 Å². The summed E-state index contributed by atoms with van der Waals surface area (Å²) in [5.74, 6) is -1.35. The minimum Gasteiger partial charge on any atom is -0.394 e. The van der Waals surface area contributed by atoms with E-state index in [1.165, 1.54) is 6.07 Å². The topological polar surface area (TPSA) is 43.8 Å². The first kappa shape index (κ1) is 17.3. The molecule has 4 nitrogen and oxygen atoms in total. The molecule has 0 spiro atoms. The zero-order valence-corrected chi connectivity index (χ0v) is 14.1. The summed E-state index contributed by atoms with van der Waals surface area (Å²) in [6.45, 7) is 5.08. The van der Waals surface area contributed by atoms with E-state index in [1.54, 1.807) is 13.0 Å². The summed E-state index contributed by atoms with van der Waals surface area (Å²) in [7, 11) is 0. The Morgan fingerprint density at radius 1 is 1.42 bits per heavy atom. The fraction of sp³-hybridized carbons (Fsp3) is 0.611. The third-order valence-electron chi connectivity index (χ3n) is 5.65.